The molecule has 15 heteroatoms. The number of rotatable bonds is 5. The monoisotopic (exact) mass is 528 g/mol. The van der Waals surface area contributed by atoms with Crippen LogP contribution in [0.15, 0.2) is 31.0 Å². The molecule has 0 aromatic carbocycles. The van der Waals surface area contributed by atoms with Crippen molar-refractivity contribution >= 4 is 11.9 Å². The Morgan fingerprint density at radius 2 is 1.76 bits per heavy atom. The van der Waals surface area contributed by atoms with Crippen molar-refractivity contribution in [3.8, 4) is 11.4 Å². The third-order valence-corrected chi connectivity index (χ3v) is 6.00. The molecule has 0 unspecified atom stereocenters. The van der Waals surface area contributed by atoms with Crippen LogP contribution in [-0.4, -0.2) is 72.6 Å². The Morgan fingerprint density at radius 3 is 2.35 bits per heavy atom. The van der Waals surface area contributed by atoms with Crippen LogP contribution in [-0.2, 0) is 13.2 Å². The zero-order valence-electron chi connectivity index (χ0n) is 19.9. The largest absolute Gasteiger partial charge is 0.419 e. The maximum absolute atomic E-state index is 14.6. The van der Waals surface area contributed by atoms with Crippen molar-refractivity contribution in [1.29, 1.82) is 0 Å². The molecule has 198 valence electrons. The lowest BCUT2D eigenvalue weighted by atomic mass is 9.87. The van der Waals surface area contributed by atoms with Gasteiger partial charge in [-0.25, -0.2) is 33.1 Å². The molecular formula is C22H22F6N8O. The van der Waals surface area contributed by atoms with Gasteiger partial charge in [-0.15, -0.1) is 0 Å². The lowest BCUT2D eigenvalue weighted by Gasteiger charge is -2.44. The molecule has 1 fully saturated rings. The van der Waals surface area contributed by atoms with Crippen LogP contribution in [0.2, 0.25) is 0 Å². The van der Waals surface area contributed by atoms with E-state index in [1.165, 1.54) is 29.9 Å². The van der Waals surface area contributed by atoms with E-state index in [0.29, 0.717) is 12.4 Å². The fourth-order valence-corrected chi connectivity index (χ4v) is 4.27. The summed E-state index contributed by atoms with van der Waals surface area (Å²) in [5, 5.41) is 4.12. The van der Waals surface area contributed by atoms with Crippen molar-refractivity contribution < 1.29 is 31.1 Å². The lowest BCUT2D eigenvalue weighted by molar-refractivity contribution is -0.138. The summed E-state index contributed by atoms with van der Waals surface area (Å²) in [5.74, 6) is -5.47. The second kappa shape index (κ2) is 9.59. The average Bonchev–Trinajstić information content (AvgIpc) is 3.21. The molecule has 0 bridgehead atoms. The molecule has 1 aliphatic heterocycles. The number of hydrogen-bond acceptors (Lipinski definition) is 7. The van der Waals surface area contributed by atoms with Crippen LogP contribution in [0.1, 0.15) is 29.4 Å². The highest BCUT2D eigenvalue weighted by Crippen LogP contribution is 2.36. The molecule has 9 nitrogen and oxygen atoms in total. The number of piperidine rings is 1. The van der Waals surface area contributed by atoms with E-state index in [-0.39, 0.29) is 29.6 Å². The van der Waals surface area contributed by atoms with Crippen molar-refractivity contribution in [2.45, 2.75) is 31.5 Å². The molecule has 0 spiro atoms. The van der Waals surface area contributed by atoms with E-state index in [1.807, 2.05) is 0 Å². The number of halogens is 6. The predicted molar refractivity (Wildman–Crippen MR) is 118 cm³/mol. The molecule has 0 aliphatic carbocycles. The Labute approximate surface area is 207 Å². The Bertz CT molecular complexity index is 1260. The van der Waals surface area contributed by atoms with E-state index in [1.54, 1.807) is 6.92 Å². The number of likely N-dealkylation sites (N-methyl/N-ethyl adjacent to an activating group) is 1. The van der Waals surface area contributed by atoms with Gasteiger partial charge in [0.2, 0.25) is 5.95 Å². The van der Waals surface area contributed by atoms with E-state index in [9.17, 15) is 31.1 Å². The normalized spacial score (nSPS) is 19.6. The topological polar surface area (TPSA) is 92.9 Å². The van der Waals surface area contributed by atoms with Crippen molar-refractivity contribution in [3.05, 3.63) is 48.1 Å². The second-order valence-corrected chi connectivity index (χ2v) is 8.98. The Balaban J connectivity index is 1.64. The average molecular weight is 528 g/mol. The number of aryl methyl sites for hydroxylation is 1. The number of aromatic nitrogens is 6. The van der Waals surface area contributed by atoms with Gasteiger partial charge in [0.15, 0.2) is 17.3 Å². The molecule has 2 atom stereocenters. The van der Waals surface area contributed by atoms with Gasteiger partial charge in [-0.05, 0) is 5.92 Å². The minimum absolute atomic E-state index is 0.0125. The molecule has 1 aliphatic rings. The van der Waals surface area contributed by atoms with Crippen molar-refractivity contribution in [3.63, 3.8) is 0 Å². The van der Waals surface area contributed by atoms with E-state index in [0.717, 1.165) is 17.3 Å². The minimum Gasteiger partial charge on any atom is -0.342 e. The third-order valence-electron chi connectivity index (χ3n) is 6.00. The quantitative estimate of drug-likeness (QED) is 0.469. The number of anilines is 1. The number of alkyl halides is 5. The van der Waals surface area contributed by atoms with E-state index in [2.05, 4.69) is 25.0 Å². The van der Waals surface area contributed by atoms with E-state index >= 15 is 0 Å². The lowest BCUT2D eigenvalue weighted by Crippen LogP contribution is -2.58. The van der Waals surface area contributed by atoms with Gasteiger partial charge in [-0.1, -0.05) is 6.92 Å². The van der Waals surface area contributed by atoms with Crippen LogP contribution >= 0.6 is 0 Å². The Hall–Kier alpha value is -3.78. The highest BCUT2D eigenvalue weighted by atomic mass is 19.4. The zero-order chi connectivity index (χ0) is 27.1. The van der Waals surface area contributed by atoms with Gasteiger partial charge in [0.1, 0.15) is 0 Å². The van der Waals surface area contributed by atoms with Crippen molar-refractivity contribution in [2.24, 2.45) is 13.0 Å². The minimum atomic E-state index is -4.61. The number of hydrogen-bond donors (Lipinski definition) is 0. The molecule has 0 radical (unpaired) electrons. The molecule has 1 saturated heterocycles. The Morgan fingerprint density at radius 1 is 1.14 bits per heavy atom. The summed E-state index contributed by atoms with van der Waals surface area (Å²) in [6.07, 6.45) is -0.627. The number of carbonyl (C=O) groups is 1. The van der Waals surface area contributed by atoms with Gasteiger partial charge >= 0.3 is 6.18 Å². The standard InChI is InChI=1S/C22H22F6N8O/c1-12-4-21(24,25)11-36(16(12)10-34(2)20-31-5-13(6-32-20)22(26,27)28)19(37)17-15(9-35(3)33-17)18-29-7-14(23)8-30-18/h5-9,12,16H,4,10-11H2,1-3H3/t12-,16-/m1/s1. The predicted octanol–water partition coefficient (Wildman–Crippen LogP) is 3.45. The summed E-state index contributed by atoms with van der Waals surface area (Å²) in [6, 6.07) is -0.785. The van der Waals surface area contributed by atoms with Gasteiger partial charge in [0.25, 0.3) is 11.8 Å². The number of likely N-dealkylation sites (tertiary alicyclic amines) is 1. The van der Waals surface area contributed by atoms with Crippen LogP contribution in [0.4, 0.5) is 32.3 Å². The van der Waals surface area contributed by atoms with Gasteiger partial charge in [0, 0.05) is 45.7 Å². The molecule has 4 rings (SSSR count). The first-order valence-electron chi connectivity index (χ1n) is 11.1. The van der Waals surface area contributed by atoms with E-state index in [4.69, 9.17) is 0 Å². The number of amides is 1. The van der Waals surface area contributed by atoms with Crippen LogP contribution < -0.4 is 4.90 Å². The molecule has 37 heavy (non-hydrogen) atoms. The first kappa shape index (κ1) is 26.3. The van der Waals surface area contributed by atoms with Gasteiger partial charge in [-0.3, -0.25) is 9.48 Å². The highest BCUT2D eigenvalue weighted by molar-refractivity contribution is 5.98. The molecule has 1 amide bonds. The fraction of sp³-hybridized carbons (Fsp3) is 0.455. The highest BCUT2D eigenvalue weighted by Gasteiger charge is 2.47. The summed E-state index contributed by atoms with van der Waals surface area (Å²) in [6.45, 7) is 0.619. The Kier molecular flexibility index (Phi) is 6.81. The maximum Gasteiger partial charge on any atom is 0.419 e. The summed E-state index contributed by atoms with van der Waals surface area (Å²) in [4.78, 5) is 31.2. The SMILES string of the molecule is C[C@@H]1CC(F)(F)CN(C(=O)c2nn(C)cc2-c2ncc(F)cn2)[C@@H]1CN(C)c1ncc(C(F)(F)F)cn1. The van der Waals surface area contributed by atoms with Crippen LogP contribution in [0.5, 0.6) is 0 Å². The molecule has 3 aromatic heterocycles. The second-order valence-electron chi connectivity index (χ2n) is 8.98. The van der Waals surface area contributed by atoms with Crippen molar-refractivity contribution in [1.82, 2.24) is 34.6 Å². The molecule has 3 aromatic rings. The molecule has 0 N–H and O–H groups in total. The smallest absolute Gasteiger partial charge is 0.342 e. The summed E-state index contributed by atoms with van der Waals surface area (Å²) < 4.78 is 82.4. The van der Waals surface area contributed by atoms with Gasteiger partial charge < -0.3 is 9.80 Å². The number of nitrogens with zero attached hydrogens (tertiary/aromatic N) is 8. The molecule has 4 heterocycles. The maximum atomic E-state index is 14.6. The van der Waals surface area contributed by atoms with Gasteiger partial charge in [0.05, 0.1) is 36.1 Å². The third kappa shape index (κ3) is 5.64. The van der Waals surface area contributed by atoms with E-state index < -0.39 is 54.3 Å². The summed E-state index contributed by atoms with van der Waals surface area (Å²) >= 11 is 0. The first-order chi connectivity index (χ1) is 17.2. The molecular weight excluding hydrogens is 506 g/mol. The van der Waals surface area contributed by atoms with Crippen LogP contribution in [0, 0.1) is 11.7 Å². The summed E-state index contributed by atoms with van der Waals surface area (Å²) in [5.41, 5.74) is -1.09. The van der Waals surface area contributed by atoms with Gasteiger partial charge in [-0.2, -0.15) is 18.3 Å². The van der Waals surface area contributed by atoms with Crippen LogP contribution in [0.3, 0.4) is 0 Å². The zero-order valence-corrected chi connectivity index (χ0v) is 19.9. The number of carbonyl (C=O) groups excluding carboxylic acids is 1. The molecule has 0 saturated carbocycles. The van der Waals surface area contributed by atoms with Crippen molar-refractivity contribution in [2.75, 3.05) is 25.0 Å². The first-order valence-corrected chi connectivity index (χ1v) is 11.1. The fourth-order valence-electron chi connectivity index (χ4n) is 4.27. The van der Waals surface area contributed by atoms with Crippen LogP contribution in [0.25, 0.3) is 11.4 Å². The summed E-state index contributed by atoms with van der Waals surface area (Å²) in [7, 11) is 3.01.